The van der Waals surface area contributed by atoms with Gasteiger partial charge in [-0.1, -0.05) is 42.5 Å². The molecule has 0 atom stereocenters. The first kappa shape index (κ1) is 18.3. The van der Waals surface area contributed by atoms with Gasteiger partial charge >= 0.3 is 0 Å². The van der Waals surface area contributed by atoms with Crippen molar-refractivity contribution in [2.45, 2.75) is 26.2 Å². The molecule has 2 aromatic rings. The first-order valence-corrected chi connectivity index (χ1v) is 9.39. The number of carbonyl (C=O) groups excluding carboxylic acids is 2. The summed E-state index contributed by atoms with van der Waals surface area (Å²) in [5.41, 5.74) is 2.58. The Balaban J connectivity index is 1.47. The molecule has 1 aliphatic rings. The van der Waals surface area contributed by atoms with Crippen LogP contribution in [0.1, 0.15) is 35.7 Å². The van der Waals surface area contributed by atoms with Crippen LogP contribution in [0, 0.1) is 5.92 Å². The van der Waals surface area contributed by atoms with E-state index in [1.165, 1.54) is 17.4 Å². The predicted molar refractivity (Wildman–Crippen MR) is 104 cm³/mol. The van der Waals surface area contributed by atoms with Crippen LogP contribution in [-0.4, -0.2) is 31.3 Å². The number of Topliss-reactive ketones (excluding diaryl/α,β-unsaturated/α-hetero) is 1. The lowest BCUT2D eigenvalue weighted by Crippen LogP contribution is -3.14. The zero-order chi connectivity index (χ0) is 18.4. The Hall–Kier alpha value is -2.46. The summed E-state index contributed by atoms with van der Waals surface area (Å²) in [6, 6.07) is 17.8. The smallest absolute Gasteiger partial charge is 0.279 e. The maximum atomic E-state index is 12.4. The fourth-order valence-corrected chi connectivity index (χ4v) is 3.73. The van der Waals surface area contributed by atoms with E-state index in [-0.39, 0.29) is 11.7 Å². The highest BCUT2D eigenvalue weighted by Gasteiger charge is 2.24. The van der Waals surface area contributed by atoms with Crippen molar-refractivity contribution in [3.05, 3.63) is 65.7 Å². The number of amides is 1. The van der Waals surface area contributed by atoms with Crippen molar-refractivity contribution in [2.24, 2.45) is 5.92 Å². The second-order valence-corrected chi connectivity index (χ2v) is 7.21. The van der Waals surface area contributed by atoms with E-state index in [4.69, 9.17) is 0 Å². The third kappa shape index (κ3) is 5.02. The molecule has 136 valence electrons. The Kier molecular flexibility index (Phi) is 6.18. The Labute approximate surface area is 155 Å². The molecule has 4 heteroatoms. The molecule has 2 N–H and O–H groups in total. The minimum absolute atomic E-state index is 0.0183. The van der Waals surface area contributed by atoms with Gasteiger partial charge in [0.25, 0.3) is 5.91 Å². The van der Waals surface area contributed by atoms with Crippen molar-refractivity contribution in [3.8, 4) is 0 Å². The van der Waals surface area contributed by atoms with E-state index < -0.39 is 0 Å². The maximum Gasteiger partial charge on any atom is 0.279 e. The summed E-state index contributed by atoms with van der Waals surface area (Å²) in [5.74, 6) is 0.660. The molecule has 26 heavy (non-hydrogen) atoms. The first-order valence-electron chi connectivity index (χ1n) is 9.39. The second-order valence-electron chi connectivity index (χ2n) is 7.21. The summed E-state index contributed by atoms with van der Waals surface area (Å²) in [4.78, 5) is 25.4. The fraction of sp³-hybridized carbons (Fsp3) is 0.364. The summed E-state index contributed by atoms with van der Waals surface area (Å²) in [6.45, 7) is 4.04. The number of rotatable bonds is 6. The maximum absolute atomic E-state index is 12.4. The van der Waals surface area contributed by atoms with Crippen molar-refractivity contribution in [1.82, 2.24) is 0 Å². The highest BCUT2D eigenvalue weighted by atomic mass is 16.2. The van der Waals surface area contributed by atoms with E-state index in [9.17, 15) is 9.59 Å². The first-order chi connectivity index (χ1) is 12.6. The van der Waals surface area contributed by atoms with Crippen molar-refractivity contribution >= 4 is 17.4 Å². The van der Waals surface area contributed by atoms with Gasteiger partial charge in [-0.25, -0.2) is 0 Å². The number of benzene rings is 2. The number of quaternary nitrogens is 1. The molecule has 1 amide bonds. The lowest BCUT2D eigenvalue weighted by Gasteiger charge is -2.29. The Morgan fingerprint density at radius 2 is 1.65 bits per heavy atom. The van der Waals surface area contributed by atoms with E-state index in [1.807, 2.05) is 12.1 Å². The molecule has 0 aliphatic carbocycles. The van der Waals surface area contributed by atoms with Crippen molar-refractivity contribution in [2.75, 3.05) is 25.0 Å². The summed E-state index contributed by atoms with van der Waals surface area (Å²) < 4.78 is 0. The predicted octanol–water partition coefficient (Wildman–Crippen LogP) is 2.37. The number of carbonyl (C=O) groups is 2. The zero-order valence-corrected chi connectivity index (χ0v) is 15.3. The number of likely N-dealkylation sites (tertiary alicyclic amines) is 1. The topological polar surface area (TPSA) is 50.6 Å². The standard InChI is InChI=1S/C22H26N2O2/c1-17(25)20-9-5-6-10-21(20)23-22(26)16-24-13-11-19(12-14-24)15-18-7-3-2-4-8-18/h2-10,19H,11-16H2,1H3,(H,23,26)/p+1. The number of piperidine rings is 1. The summed E-state index contributed by atoms with van der Waals surface area (Å²) in [6.07, 6.45) is 3.44. The van der Waals surface area contributed by atoms with Crippen LogP contribution in [0.15, 0.2) is 54.6 Å². The molecule has 1 saturated heterocycles. The highest BCUT2D eigenvalue weighted by molar-refractivity contribution is 6.03. The van der Waals surface area contributed by atoms with Crippen LogP contribution in [0.2, 0.25) is 0 Å². The van der Waals surface area contributed by atoms with Crippen molar-refractivity contribution < 1.29 is 14.5 Å². The van der Waals surface area contributed by atoms with Crippen LogP contribution in [-0.2, 0) is 11.2 Å². The minimum atomic E-state index is -0.0324. The van der Waals surface area contributed by atoms with Crippen LogP contribution < -0.4 is 10.2 Å². The number of hydrogen-bond acceptors (Lipinski definition) is 2. The van der Waals surface area contributed by atoms with Crippen molar-refractivity contribution in [1.29, 1.82) is 0 Å². The third-order valence-electron chi connectivity index (χ3n) is 5.17. The lowest BCUT2D eigenvalue weighted by molar-refractivity contribution is -0.898. The molecule has 3 rings (SSSR count). The van der Waals surface area contributed by atoms with Crippen LogP contribution in [0.4, 0.5) is 5.69 Å². The molecule has 0 saturated carbocycles. The van der Waals surface area contributed by atoms with Gasteiger partial charge in [0, 0.05) is 5.56 Å². The van der Waals surface area contributed by atoms with Gasteiger partial charge in [-0.15, -0.1) is 0 Å². The van der Waals surface area contributed by atoms with E-state index in [0.29, 0.717) is 23.7 Å². The molecular formula is C22H27N2O2+. The number of anilines is 1. The van der Waals surface area contributed by atoms with Gasteiger partial charge in [-0.05, 0) is 49.8 Å². The number of hydrogen-bond donors (Lipinski definition) is 2. The van der Waals surface area contributed by atoms with Gasteiger partial charge in [-0.2, -0.15) is 0 Å². The second kappa shape index (κ2) is 8.77. The van der Waals surface area contributed by atoms with E-state index in [1.54, 1.807) is 12.1 Å². The molecule has 2 aromatic carbocycles. The molecule has 4 nitrogen and oxygen atoms in total. The Morgan fingerprint density at radius 3 is 2.35 bits per heavy atom. The Morgan fingerprint density at radius 1 is 1.00 bits per heavy atom. The number of ketones is 1. The third-order valence-corrected chi connectivity index (χ3v) is 5.17. The van der Waals surface area contributed by atoms with Gasteiger partial charge in [-0.3, -0.25) is 9.59 Å². The van der Waals surface area contributed by atoms with E-state index in [2.05, 4.69) is 35.6 Å². The molecule has 0 radical (unpaired) electrons. The molecule has 0 unspecified atom stereocenters. The van der Waals surface area contributed by atoms with Gasteiger partial charge in [0.2, 0.25) is 0 Å². The van der Waals surface area contributed by atoms with E-state index >= 15 is 0 Å². The largest absolute Gasteiger partial charge is 0.327 e. The molecule has 1 fully saturated rings. The molecule has 0 spiro atoms. The molecule has 0 aromatic heterocycles. The van der Waals surface area contributed by atoms with Crippen molar-refractivity contribution in [3.63, 3.8) is 0 Å². The summed E-state index contributed by atoms with van der Waals surface area (Å²) >= 11 is 0. The molecule has 1 aliphatic heterocycles. The van der Waals surface area contributed by atoms with Crippen LogP contribution in [0.3, 0.4) is 0 Å². The lowest BCUT2D eigenvalue weighted by atomic mass is 9.90. The SMILES string of the molecule is CC(=O)c1ccccc1NC(=O)C[NH+]1CCC(Cc2ccccc2)CC1. The van der Waals surface area contributed by atoms with Gasteiger partial charge in [0.1, 0.15) is 0 Å². The van der Waals surface area contributed by atoms with Gasteiger partial charge < -0.3 is 10.2 Å². The minimum Gasteiger partial charge on any atom is -0.327 e. The van der Waals surface area contributed by atoms with Crippen LogP contribution in [0.5, 0.6) is 0 Å². The van der Waals surface area contributed by atoms with E-state index in [0.717, 1.165) is 32.4 Å². The zero-order valence-electron chi connectivity index (χ0n) is 15.3. The summed E-state index contributed by atoms with van der Waals surface area (Å²) in [7, 11) is 0. The monoisotopic (exact) mass is 351 g/mol. The Bertz CT molecular complexity index is 750. The molecule has 1 heterocycles. The normalized spacial score (nSPS) is 19.7. The fourth-order valence-electron chi connectivity index (χ4n) is 3.73. The molecule has 0 bridgehead atoms. The van der Waals surface area contributed by atoms with Crippen LogP contribution >= 0.6 is 0 Å². The molecular weight excluding hydrogens is 324 g/mol. The average Bonchev–Trinajstić information content (AvgIpc) is 2.64. The summed E-state index contributed by atoms with van der Waals surface area (Å²) in [5, 5.41) is 2.91. The highest BCUT2D eigenvalue weighted by Crippen LogP contribution is 2.17. The van der Waals surface area contributed by atoms with Gasteiger partial charge in [0.05, 0.1) is 18.8 Å². The quantitative estimate of drug-likeness (QED) is 0.785. The van der Waals surface area contributed by atoms with Gasteiger partial charge in [0.15, 0.2) is 12.3 Å². The number of nitrogens with one attached hydrogen (secondary N) is 2. The van der Waals surface area contributed by atoms with Crippen LogP contribution in [0.25, 0.3) is 0 Å². The average molecular weight is 351 g/mol. The number of para-hydroxylation sites is 1.